The SMILES string of the molecule is CC1CCC2(CC1)CSC(=NCc1ccno1)N2. The number of nitrogens with zero attached hydrogens (tertiary/aromatic N) is 2. The third-order valence-corrected chi connectivity index (χ3v) is 5.16. The highest BCUT2D eigenvalue weighted by Crippen LogP contribution is 2.38. The largest absolute Gasteiger partial charge is 0.359 e. The van der Waals surface area contributed by atoms with E-state index in [1.54, 1.807) is 6.20 Å². The number of nitrogens with one attached hydrogen (secondary N) is 1. The fourth-order valence-corrected chi connectivity index (χ4v) is 3.87. The molecule has 1 aliphatic carbocycles. The van der Waals surface area contributed by atoms with E-state index >= 15 is 0 Å². The number of amidine groups is 1. The highest BCUT2D eigenvalue weighted by Gasteiger charge is 2.39. The Balaban J connectivity index is 1.59. The lowest BCUT2D eigenvalue weighted by atomic mass is 9.78. The molecule has 1 aromatic heterocycles. The molecule has 0 bridgehead atoms. The van der Waals surface area contributed by atoms with Gasteiger partial charge in [-0.25, -0.2) is 0 Å². The van der Waals surface area contributed by atoms with Crippen LogP contribution < -0.4 is 5.32 Å². The molecule has 0 aromatic carbocycles. The normalized spacial score (nSPS) is 34.1. The van der Waals surface area contributed by atoms with Crippen LogP contribution in [0.1, 0.15) is 38.4 Å². The maximum Gasteiger partial charge on any atom is 0.158 e. The van der Waals surface area contributed by atoms with Gasteiger partial charge in [0, 0.05) is 17.4 Å². The van der Waals surface area contributed by atoms with Crippen molar-refractivity contribution in [3.8, 4) is 0 Å². The Kier molecular flexibility index (Phi) is 3.33. The molecule has 1 aromatic rings. The van der Waals surface area contributed by atoms with Gasteiger partial charge < -0.3 is 9.84 Å². The van der Waals surface area contributed by atoms with E-state index in [1.165, 1.54) is 25.7 Å². The van der Waals surface area contributed by atoms with Crippen molar-refractivity contribution in [1.82, 2.24) is 10.5 Å². The average Bonchev–Trinajstić information content (AvgIpc) is 3.02. The maximum atomic E-state index is 5.05. The lowest BCUT2D eigenvalue weighted by Gasteiger charge is -2.35. The second-order valence-corrected chi connectivity index (χ2v) is 6.44. The van der Waals surface area contributed by atoms with Crippen LogP contribution in [0.2, 0.25) is 0 Å². The molecule has 98 valence electrons. The monoisotopic (exact) mass is 265 g/mol. The summed E-state index contributed by atoms with van der Waals surface area (Å²) in [5, 5.41) is 8.40. The number of hydrogen-bond donors (Lipinski definition) is 1. The summed E-state index contributed by atoms with van der Waals surface area (Å²) < 4.78 is 5.05. The lowest BCUT2D eigenvalue weighted by molar-refractivity contribution is 0.250. The summed E-state index contributed by atoms with van der Waals surface area (Å²) in [6.45, 7) is 2.94. The minimum absolute atomic E-state index is 0.317. The molecular weight excluding hydrogens is 246 g/mol. The van der Waals surface area contributed by atoms with Gasteiger partial charge in [0.05, 0.1) is 6.20 Å². The van der Waals surface area contributed by atoms with Crippen molar-refractivity contribution in [2.45, 2.75) is 44.7 Å². The summed E-state index contributed by atoms with van der Waals surface area (Å²) in [7, 11) is 0. The van der Waals surface area contributed by atoms with Crippen LogP contribution in [-0.2, 0) is 6.54 Å². The lowest BCUT2D eigenvalue weighted by Crippen LogP contribution is -2.46. The molecule has 0 atom stereocenters. The van der Waals surface area contributed by atoms with Crippen molar-refractivity contribution in [2.75, 3.05) is 5.75 Å². The molecule has 4 nitrogen and oxygen atoms in total. The fourth-order valence-electron chi connectivity index (χ4n) is 2.65. The molecular formula is C13H19N3OS. The molecule has 0 amide bonds. The molecule has 1 spiro atoms. The van der Waals surface area contributed by atoms with Gasteiger partial charge in [-0.2, -0.15) is 0 Å². The molecule has 3 rings (SSSR count). The van der Waals surface area contributed by atoms with E-state index in [-0.39, 0.29) is 0 Å². The van der Waals surface area contributed by atoms with E-state index in [9.17, 15) is 0 Å². The average molecular weight is 265 g/mol. The highest BCUT2D eigenvalue weighted by molar-refractivity contribution is 8.14. The Labute approximate surface area is 112 Å². The molecule has 0 unspecified atom stereocenters. The Morgan fingerprint density at radius 1 is 1.56 bits per heavy atom. The minimum atomic E-state index is 0.317. The van der Waals surface area contributed by atoms with E-state index in [0.717, 1.165) is 22.6 Å². The van der Waals surface area contributed by atoms with Gasteiger partial charge in [0.2, 0.25) is 0 Å². The highest BCUT2D eigenvalue weighted by atomic mass is 32.2. The summed E-state index contributed by atoms with van der Waals surface area (Å²) in [5.74, 6) is 2.87. The van der Waals surface area contributed by atoms with Crippen molar-refractivity contribution < 1.29 is 4.52 Å². The van der Waals surface area contributed by atoms with Gasteiger partial charge in [-0.1, -0.05) is 23.8 Å². The zero-order chi connectivity index (χ0) is 12.4. The molecule has 1 saturated carbocycles. The van der Waals surface area contributed by atoms with Gasteiger partial charge in [-0.05, 0) is 31.6 Å². The minimum Gasteiger partial charge on any atom is -0.359 e. The van der Waals surface area contributed by atoms with E-state index in [0.29, 0.717) is 12.1 Å². The maximum absolute atomic E-state index is 5.05. The van der Waals surface area contributed by atoms with Crippen LogP contribution in [-0.4, -0.2) is 21.6 Å². The van der Waals surface area contributed by atoms with Crippen LogP contribution in [0.3, 0.4) is 0 Å². The molecule has 18 heavy (non-hydrogen) atoms. The molecule has 1 saturated heterocycles. The first kappa shape index (κ1) is 12.1. The first-order chi connectivity index (χ1) is 8.76. The van der Waals surface area contributed by atoms with Gasteiger partial charge in [0.25, 0.3) is 0 Å². The smallest absolute Gasteiger partial charge is 0.158 e. The first-order valence-corrected chi connectivity index (χ1v) is 7.59. The number of hydrogen-bond acceptors (Lipinski definition) is 4. The summed E-state index contributed by atoms with van der Waals surface area (Å²) in [4.78, 5) is 4.57. The van der Waals surface area contributed by atoms with Crippen molar-refractivity contribution in [3.05, 3.63) is 18.0 Å². The molecule has 2 heterocycles. The van der Waals surface area contributed by atoms with Gasteiger partial charge in [-0.15, -0.1) is 0 Å². The molecule has 0 radical (unpaired) electrons. The van der Waals surface area contributed by atoms with Crippen molar-refractivity contribution in [2.24, 2.45) is 10.9 Å². The molecule has 2 aliphatic rings. The van der Waals surface area contributed by atoms with Crippen molar-refractivity contribution >= 4 is 16.9 Å². The quantitative estimate of drug-likeness (QED) is 0.893. The summed E-state index contributed by atoms with van der Waals surface area (Å²) in [6, 6.07) is 1.86. The topological polar surface area (TPSA) is 50.4 Å². The van der Waals surface area contributed by atoms with Crippen molar-refractivity contribution in [1.29, 1.82) is 0 Å². The summed E-state index contributed by atoms with van der Waals surface area (Å²) in [6.07, 6.45) is 6.89. The van der Waals surface area contributed by atoms with E-state index in [2.05, 4.69) is 22.4 Å². The van der Waals surface area contributed by atoms with Crippen LogP contribution >= 0.6 is 11.8 Å². The second kappa shape index (κ2) is 4.96. The predicted molar refractivity (Wildman–Crippen MR) is 73.6 cm³/mol. The summed E-state index contributed by atoms with van der Waals surface area (Å²) in [5.41, 5.74) is 0.317. The van der Waals surface area contributed by atoms with E-state index < -0.39 is 0 Å². The second-order valence-electron chi connectivity index (χ2n) is 5.48. The van der Waals surface area contributed by atoms with Gasteiger partial charge in [-0.3, -0.25) is 4.99 Å². The Morgan fingerprint density at radius 2 is 2.39 bits per heavy atom. The first-order valence-electron chi connectivity index (χ1n) is 6.61. The standard InChI is InChI=1S/C13H19N3OS/c1-10-2-5-13(6-3-10)9-18-12(16-13)14-8-11-4-7-15-17-11/h4,7,10H,2-3,5-6,8-9H2,1H3,(H,14,16). The molecule has 1 N–H and O–H groups in total. The molecule has 2 fully saturated rings. The Morgan fingerprint density at radius 3 is 3.11 bits per heavy atom. The number of aliphatic imine (C=N–C) groups is 1. The van der Waals surface area contributed by atoms with Gasteiger partial charge >= 0.3 is 0 Å². The van der Waals surface area contributed by atoms with Gasteiger partial charge in [0.1, 0.15) is 6.54 Å². The van der Waals surface area contributed by atoms with Crippen LogP contribution in [0, 0.1) is 5.92 Å². The van der Waals surface area contributed by atoms with Crippen LogP contribution in [0.15, 0.2) is 21.8 Å². The Bertz CT molecular complexity index is 421. The van der Waals surface area contributed by atoms with Crippen LogP contribution in [0.25, 0.3) is 0 Å². The van der Waals surface area contributed by atoms with E-state index in [1.807, 2.05) is 17.8 Å². The van der Waals surface area contributed by atoms with Crippen LogP contribution in [0.5, 0.6) is 0 Å². The Hall–Kier alpha value is -0.970. The van der Waals surface area contributed by atoms with E-state index in [4.69, 9.17) is 4.52 Å². The zero-order valence-electron chi connectivity index (χ0n) is 10.7. The fraction of sp³-hybridized carbons (Fsp3) is 0.692. The zero-order valence-corrected chi connectivity index (χ0v) is 11.5. The number of aromatic nitrogens is 1. The third kappa shape index (κ3) is 2.55. The third-order valence-electron chi connectivity index (χ3n) is 3.96. The number of thioether (sulfide) groups is 1. The van der Waals surface area contributed by atoms with Gasteiger partial charge in [0.15, 0.2) is 10.9 Å². The summed E-state index contributed by atoms with van der Waals surface area (Å²) >= 11 is 1.85. The molecule has 1 aliphatic heterocycles. The number of rotatable bonds is 2. The van der Waals surface area contributed by atoms with Crippen molar-refractivity contribution in [3.63, 3.8) is 0 Å². The van der Waals surface area contributed by atoms with Crippen LogP contribution in [0.4, 0.5) is 0 Å². The molecule has 5 heteroatoms. The predicted octanol–water partition coefficient (Wildman–Crippen LogP) is 2.82.